The normalized spacial score (nSPS) is 19.0. The lowest BCUT2D eigenvalue weighted by atomic mass is 9.84. The zero-order valence-corrected chi connectivity index (χ0v) is 13.8. The first-order chi connectivity index (χ1) is 10.4. The molecule has 2 rings (SSSR count). The Morgan fingerprint density at radius 1 is 1.41 bits per heavy atom. The van der Waals surface area contributed by atoms with Crippen LogP contribution in [-0.4, -0.2) is 30.3 Å². The molecular weight excluding hydrogens is 278 g/mol. The van der Waals surface area contributed by atoms with Crippen LogP contribution >= 0.6 is 0 Å². The Labute approximate surface area is 132 Å². The smallest absolute Gasteiger partial charge is 0.220 e. The molecule has 1 aromatic carbocycles. The van der Waals surface area contributed by atoms with E-state index in [1.165, 1.54) is 0 Å². The van der Waals surface area contributed by atoms with Crippen molar-refractivity contribution >= 4 is 5.91 Å². The summed E-state index contributed by atoms with van der Waals surface area (Å²) < 4.78 is 5.64. The number of carbonyl (C=O) groups excluding carboxylic acids is 1. The fourth-order valence-electron chi connectivity index (χ4n) is 2.96. The van der Waals surface area contributed by atoms with E-state index >= 15 is 0 Å². The van der Waals surface area contributed by atoms with Gasteiger partial charge in [0, 0.05) is 19.1 Å². The summed E-state index contributed by atoms with van der Waals surface area (Å²) in [5.41, 5.74) is 1.06. The highest BCUT2D eigenvalue weighted by atomic mass is 16.5. The Hall–Kier alpha value is -1.55. The van der Waals surface area contributed by atoms with Gasteiger partial charge in [-0.05, 0) is 35.8 Å². The van der Waals surface area contributed by atoms with Crippen LogP contribution in [-0.2, 0) is 4.79 Å². The van der Waals surface area contributed by atoms with Crippen LogP contribution in [0.4, 0.5) is 0 Å². The van der Waals surface area contributed by atoms with E-state index in [1.807, 2.05) is 24.3 Å². The zero-order chi connectivity index (χ0) is 16.2. The first-order valence-electron chi connectivity index (χ1n) is 8.03. The van der Waals surface area contributed by atoms with Crippen molar-refractivity contribution in [1.29, 1.82) is 0 Å². The Morgan fingerprint density at radius 2 is 2.14 bits per heavy atom. The molecule has 1 aliphatic rings. The summed E-state index contributed by atoms with van der Waals surface area (Å²) in [4.78, 5) is 12.4. The van der Waals surface area contributed by atoms with Gasteiger partial charge in [0.15, 0.2) is 0 Å². The van der Waals surface area contributed by atoms with Crippen LogP contribution in [0.15, 0.2) is 24.3 Å². The van der Waals surface area contributed by atoms with Gasteiger partial charge in [0.25, 0.3) is 0 Å². The summed E-state index contributed by atoms with van der Waals surface area (Å²) in [5, 5.41) is 12.3. The van der Waals surface area contributed by atoms with Crippen LogP contribution in [0.1, 0.15) is 51.5 Å². The average molecular weight is 305 g/mol. The quantitative estimate of drug-likeness (QED) is 0.879. The number of benzene rings is 1. The third kappa shape index (κ3) is 4.23. The molecule has 2 N–H and O–H groups in total. The molecule has 2 atom stereocenters. The summed E-state index contributed by atoms with van der Waals surface area (Å²) in [6, 6.07) is 7.94. The molecule has 4 nitrogen and oxygen atoms in total. The van der Waals surface area contributed by atoms with E-state index in [4.69, 9.17) is 4.74 Å². The molecule has 4 heteroatoms. The van der Waals surface area contributed by atoms with E-state index < -0.39 is 0 Å². The molecule has 1 heterocycles. The van der Waals surface area contributed by atoms with E-state index in [2.05, 4.69) is 26.1 Å². The van der Waals surface area contributed by atoms with Crippen molar-refractivity contribution in [3.63, 3.8) is 0 Å². The van der Waals surface area contributed by atoms with Crippen molar-refractivity contribution in [2.45, 2.75) is 52.0 Å². The molecule has 0 spiro atoms. The highest BCUT2D eigenvalue weighted by molar-refractivity contribution is 5.77. The van der Waals surface area contributed by atoms with E-state index in [0.717, 1.165) is 17.7 Å². The molecule has 0 saturated carbocycles. The number of rotatable bonds is 5. The molecule has 1 aromatic rings. The van der Waals surface area contributed by atoms with Gasteiger partial charge in [-0.2, -0.15) is 0 Å². The lowest BCUT2D eigenvalue weighted by Gasteiger charge is -2.32. The minimum absolute atomic E-state index is 0.0138. The van der Waals surface area contributed by atoms with Crippen LogP contribution in [0.3, 0.4) is 0 Å². The van der Waals surface area contributed by atoms with Crippen molar-refractivity contribution < 1.29 is 14.6 Å². The van der Waals surface area contributed by atoms with Crippen LogP contribution < -0.4 is 10.1 Å². The largest absolute Gasteiger partial charge is 0.493 e. The van der Waals surface area contributed by atoms with Crippen LogP contribution in [0, 0.1) is 5.41 Å². The summed E-state index contributed by atoms with van der Waals surface area (Å²) in [7, 11) is 0. The van der Waals surface area contributed by atoms with E-state index in [0.29, 0.717) is 19.4 Å². The summed E-state index contributed by atoms with van der Waals surface area (Å²) in [6.45, 7) is 6.99. The monoisotopic (exact) mass is 305 g/mol. The number of aliphatic hydroxyl groups excluding tert-OH is 1. The number of para-hydroxylation sites is 1. The highest BCUT2D eigenvalue weighted by Crippen LogP contribution is 2.35. The number of carbonyl (C=O) groups is 1. The van der Waals surface area contributed by atoms with Crippen molar-refractivity contribution in [2.24, 2.45) is 5.41 Å². The van der Waals surface area contributed by atoms with Crippen LogP contribution in [0.2, 0.25) is 0 Å². The molecule has 0 bridgehead atoms. The molecule has 0 fully saturated rings. The predicted octanol–water partition coefficient (Wildman–Crippen LogP) is 2.86. The maximum absolute atomic E-state index is 12.4. The molecule has 0 aliphatic carbocycles. The number of hydrogen-bond acceptors (Lipinski definition) is 3. The average Bonchev–Trinajstić information content (AvgIpc) is 2.46. The molecule has 1 amide bonds. The SMILES string of the molecule is CC(C)(C)C(CCO)NC(=O)CC1CCOc2ccccc21. The molecule has 0 radical (unpaired) electrons. The molecule has 1 aliphatic heterocycles. The fourth-order valence-corrected chi connectivity index (χ4v) is 2.96. The Morgan fingerprint density at radius 3 is 2.82 bits per heavy atom. The van der Waals surface area contributed by atoms with Crippen molar-refractivity contribution in [3.8, 4) is 5.75 Å². The lowest BCUT2D eigenvalue weighted by Crippen LogP contribution is -2.44. The standard InChI is InChI=1S/C18H27NO3/c1-18(2,3)16(8-10-20)19-17(21)12-13-9-11-22-15-7-5-4-6-14(13)15/h4-7,13,16,20H,8-12H2,1-3H3,(H,19,21). The number of amides is 1. The van der Waals surface area contributed by atoms with Crippen molar-refractivity contribution in [1.82, 2.24) is 5.32 Å². The molecule has 0 aromatic heterocycles. The van der Waals surface area contributed by atoms with E-state index in [-0.39, 0.29) is 29.9 Å². The zero-order valence-electron chi connectivity index (χ0n) is 13.8. The van der Waals surface area contributed by atoms with E-state index in [9.17, 15) is 9.90 Å². The van der Waals surface area contributed by atoms with Gasteiger partial charge in [-0.3, -0.25) is 4.79 Å². The first-order valence-corrected chi connectivity index (χ1v) is 8.03. The van der Waals surface area contributed by atoms with Gasteiger partial charge in [-0.15, -0.1) is 0 Å². The molecule has 22 heavy (non-hydrogen) atoms. The number of hydrogen-bond donors (Lipinski definition) is 2. The number of fused-ring (bicyclic) bond motifs is 1. The second-order valence-corrected chi connectivity index (χ2v) is 7.07. The summed E-state index contributed by atoms with van der Waals surface area (Å²) in [6.07, 6.45) is 1.92. The first kappa shape index (κ1) is 16.8. The highest BCUT2D eigenvalue weighted by Gasteiger charge is 2.28. The maximum atomic E-state index is 12.4. The van der Waals surface area contributed by atoms with Gasteiger partial charge in [0.1, 0.15) is 5.75 Å². The summed E-state index contributed by atoms with van der Waals surface area (Å²) in [5.74, 6) is 1.16. The number of ether oxygens (including phenoxy) is 1. The predicted molar refractivity (Wildman–Crippen MR) is 87.0 cm³/mol. The van der Waals surface area contributed by atoms with E-state index in [1.54, 1.807) is 0 Å². The molecule has 0 saturated heterocycles. The molecule has 2 unspecified atom stereocenters. The number of aliphatic hydroxyl groups is 1. The third-order valence-corrected chi connectivity index (χ3v) is 4.31. The Kier molecular flexibility index (Phi) is 5.46. The van der Waals surface area contributed by atoms with Gasteiger partial charge in [-0.25, -0.2) is 0 Å². The minimum atomic E-state index is -0.0635. The van der Waals surface area contributed by atoms with Crippen molar-refractivity contribution in [2.75, 3.05) is 13.2 Å². The second kappa shape index (κ2) is 7.14. The Balaban J connectivity index is 2.01. The molecular formula is C18H27NO3. The van der Waals surface area contributed by atoms with Gasteiger partial charge in [0.2, 0.25) is 5.91 Å². The van der Waals surface area contributed by atoms with Gasteiger partial charge in [0.05, 0.1) is 6.61 Å². The topological polar surface area (TPSA) is 58.6 Å². The van der Waals surface area contributed by atoms with Crippen LogP contribution in [0.5, 0.6) is 5.75 Å². The summed E-state index contributed by atoms with van der Waals surface area (Å²) >= 11 is 0. The minimum Gasteiger partial charge on any atom is -0.493 e. The second-order valence-electron chi connectivity index (χ2n) is 7.07. The third-order valence-electron chi connectivity index (χ3n) is 4.31. The number of nitrogens with one attached hydrogen (secondary N) is 1. The van der Waals surface area contributed by atoms with Crippen LogP contribution in [0.25, 0.3) is 0 Å². The maximum Gasteiger partial charge on any atom is 0.220 e. The van der Waals surface area contributed by atoms with Gasteiger partial charge >= 0.3 is 0 Å². The molecule has 122 valence electrons. The van der Waals surface area contributed by atoms with Crippen molar-refractivity contribution in [3.05, 3.63) is 29.8 Å². The lowest BCUT2D eigenvalue weighted by molar-refractivity contribution is -0.123. The Bertz CT molecular complexity index is 507. The van der Waals surface area contributed by atoms with Gasteiger partial charge in [-0.1, -0.05) is 39.0 Å². The van der Waals surface area contributed by atoms with Gasteiger partial charge < -0.3 is 15.2 Å². The fraction of sp³-hybridized carbons (Fsp3) is 0.611.